The van der Waals surface area contributed by atoms with E-state index in [2.05, 4.69) is 20.8 Å². The number of alkyl halides is 3. The summed E-state index contributed by atoms with van der Waals surface area (Å²) in [5, 5.41) is 40.5. The molecule has 3 amide bonds. The number of oxime groups is 1. The molecule has 0 bridgehead atoms. The quantitative estimate of drug-likeness (QED) is 0.0503. The predicted molar refractivity (Wildman–Crippen MR) is 257 cm³/mol. The van der Waals surface area contributed by atoms with Gasteiger partial charge in [0.25, 0.3) is 5.60 Å². The fourth-order valence-electron chi connectivity index (χ4n) is 6.92. The van der Waals surface area contributed by atoms with E-state index in [0.29, 0.717) is 31.8 Å². The number of anilines is 1. The van der Waals surface area contributed by atoms with Gasteiger partial charge in [-0.25, -0.2) is 29.0 Å². The van der Waals surface area contributed by atoms with Crippen molar-refractivity contribution < 1.29 is 90.5 Å². The molecule has 0 spiro atoms. The first-order valence-electron chi connectivity index (χ1n) is 23.3. The van der Waals surface area contributed by atoms with E-state index in [1.807, 2.05) is 54.7 Å². The average molecular weight is 1070 g/mol. The summed E-state index contributed by atoms with van der Waals surface area (Å²) in [6.07, 6.45) is -4.40. The van der Waals surface area contributed by atoms with Crippen molar-refractivity contribution in [2.45, 2.75) is 162 Å². The molecule has 3 atom stereocenters. The molecule has 26 heteroatoms. The van der Waals surface area contributed by atoms with Gasteiger partial charge in [-0.3, -0.25) is 5.32 Å². The van der Waals surface area contributed by atoms with E-state index in [1.165, 1.54) is 12.3 Å². The highest BCUT2D eigenvalue weighted by molar-refractivity contribution is 7.14. The number of aryl methyl sites for hydroxylation is 1. The molecule has 1 fully saturated rings. The minimum Gasteiger partial charge on any atom is -0.542 e. The summed E-state index contributed by atoms with van der Waals surface area (Å²) in [6.45, 7) is 23.9. The standard InChI is InChI=1S/C46H65N7O13S.C2HF3O2/c1-42(2,3)62-37(57)46(13,66-50-35(36(55)56)32-26-67-38(48-32)49-40(59)64-44(7,8)9)34-17-15-29-18-28(14-16-33(29)61-34)30-23-52(22-27-20-51(21-27)41(60)65-45(10,11)12)53(24-30)25-31(54)19-47-39(58)63-43(4,5)6;3-2(4,5)1(6)7/h14,16,18,23-24,26-27,31,34,54H,15,17,19-22,25H2,1-13H3,(H2-,47,48,49,55,56,58,59);(H,6,7)/b50-35-;/t31-,34+,46?;/m0./s1. The Morgan fingerprint density at radius 2 is 1.47 bits per heavy atom. The van der Waals surface area contributed by atoms with Crippen LogP contribution in [0.4, 0.5) is 32.7 Å². The van der Waals surface area contributed by atoms with Crippen LogP contribution in [-0.2, 0) is 57.7 Å². The van der Waals surface area contributed by atoms with Gasteiger partial charge in [-0.2, -0.15) is 17.9 Å². The highest BCUT2D eigenvalue weighted by atomic mass is 32.1. The first kappa shape index (κ1) is 59.9. The number of rotatable bonds is 14. The summed E-state index contributed by atoms with van der Waals surface area (Å²) >= 11 is 0.946. The third-order valence-corrected chi connectivity index (χ3v) is 10.9. The van der Waals surface area contributed by atoms with Crippen LogP contribution in [0.5, 0.6) is 5.75 Å². The van der Waals surface area contributed by atoms with Gasteiger partial charge < -0.3 is 58.9 Å². The molecule has 1 aromatic carbocycles. The Balaban J connectivity index is 0.00000158. The second-order valence-electron chi connectivity index (χ2n) is 21.6. The molecular weight excluding hydrogens is 1000 g/mol. The smallest absolute Gasteiger partial charge is 0.430 e. The number of fused-ring (bicyclic) bond motifs is 1. The van der Waals surface area contributed by atoms with Gasteiger partial charge >= 0.3 is 36.4 Å². The first-order valence-corrected chi connectivity index (χ1v) is 24.2. The Kier molecular flexibility index (Phi) is 18.8. The monoisotopic (exact) mass is 1070 g/mol. The van der Waals surface area contributed by atoms with Gasteiger partial charge in [0.1, 0.15) is 46.4 Å². The zero-order valence-electron chi connectivity index (χ0n) is 43.6. The normalized spacial score (nSPS) is 16.6. The summed E-state index contributed by atoms with van der Waals surface area (Å²) in [5.74, 6) is -4.76. The Bertz CT molecular complexity index is 2530. The molecule has 74 heavy (non-hydrogen) atoms. The number of carboxylic acids is 2. The number of thiazole rings is 1. The number of benzene rings is 1. The Hall–Kier alpha value is -6.70. The lowest BCUT2D eigenvalue weighted by Gasteiger charge is -2.38. The Morgan fingerprint density at radius 1 is 0.892 bits per heavy atom. The maximum Gasteiger partial charge on any atom is 0.430 e. The van der Waals surface area contributed by atoms with Crippen molar-refractivity contribution in [3.05, 3.63) is 47.2 Å². The van der Waals surface area contributed by atoms with Crippen molar-refractivity contribution in [1.82, 2.24) is 19.9 Å². The minimum atomic E-state index is -5.19. The van der Waals surface area contributed by atoms with E-state index < -0.39 is 82.2 Å². The van der Waals surface area contributed by atoms with Crippen LogP contribution in [0.1, 0.15) is 108 Å². The molecule has 5 rings (SSSR count). The number of carbonyl (C=O) groups is 6. The van der Waals surface area contributed by atoms with E-state index in [-0.39, 0.29) is 42.3 Å². The molecule has 0 aliphatic carbocycles. The number of hydrogen-bond donors (Lipinski definition) is 4. The summed E-state index contributed by atoms with van der Waals surface area (Å²) in [4.78, 5) is 84.2. The van der Waals surface area contributed by atoms with Crippen LogP contribution in [-0.4, -0.2) is 133 Å². The van der Waals surface area contributed by atoms with Crippen LogP contribution in [0.15, 0.2) is 41.1 Å². The lowest BCUT2D eigenvalue weighted by molar-refractivity contribution is -0.782. The van der Waals surface area contributed by atoms with Gasteiger partial charge in [0.15, 0.2) is 17.8 Å². The number of ether oxygens (including phenoxy) is 5. The summed E-state index contributed by atoms with van der Waals surface area (Å²) in [7, 11) is 0. The second kappa shape index (κ2) is 23.2. The molecule has 1 unspecified atom stereocenters. The van der Waals surface area contributed by atoms with Gasteiger partial charge in [0.2, 0.25) is 11.9 Å². The molecular formula is C48H66F3N7O15S. The van der Waals surface area contributed by atoms with E-state index in [9.17, 15) is 47.4 Å². The molecule has 3 aromatic rings. The molecule has 4 heterocycles. The largest absolute Gasteiger partial charge is 0.542 e. The van der Waals surface area contributed by atoms with Gasteiger partial charge in [-0.1, -0.05) is 11.2 Å². The molecule has 1 saturated heterocycles. The van der Waals surface area contributed by atoms with Gasteiger partial charge in [0.05, 0.1) is 23.8 Å². The predicted octanol–water partition coefficient (Wildman–Crippen LogP) is 5.60. The zero-order valence-corrected chi connectivity index (χ0v) is 44.4. The van der Waals surface area contributed by atoms with Gasteiger partial charge in [0, 0.05) is 25.0 Å². The fraction of sp³-hybridized carbons (Fsp3) is 0.604. The number of aliphatic carboxylic acids is 2. The number of alkyl carbamates (subject to hydrolysis) is 1. The number of carboxylic acid groups (broad SMARTS) is 2. The molecule has 2 aliphatic heterocycles. The van der Waals surface area contributed by atoms with Crippen molar-refractivity contribution >= 4 is 58.4 Å². The van der Waals surface area contributed by atoms with Crippen LogP contribution in [0.3, 0.4) is 0 Å². The van der Waals surface area contributed by atoms with E-state index in [0.717, 1.165) is 28.0 Å². The number of amides is 3. The summed E-state index contributed by atoms with van der Waals surface area (Å²) < 4.78 is 63.7. The molecule has 0 radical (unpaired) electrons. The van der Waals surface area contributed by atoms with Crippen molar-refractivity contribution in [2.75, 3.05) is 25.0 Å². The second-order valence-corrected chi connectivity index (χ2v) is 22.5. The van der Waals surface area contributed by atoms with Crippen molar-refractivity contribution in [3.8, 4) is 16.9 Å². The number of esters is 1. The number of nitrogens with zero attached hydrogens (tertiary/aromatic N) is 5. The lowest BCUT2D eigenvalue weighted by Crippen LogP contribution is -2.58. The van der Waals surface area contributed by atoms with Gasteiger partial charge in [-0.15, -0.1) is 16.0 Å². The molecule has 22 nitrogen and oxygen atoms in total. The summed E-state index contributed by atoms with van der Waals surface area (Å²) in [5.41, 5.74) is -3.25. The average Bonchev–Trinajstić information content (AvgIpc) is 3.84. The van der Waals surface area contributed by atoms with E-state index in [1.54, 1.807) is 73.3 Å². The SMILES string of the molecule is CC(C)(C)OC(=O)NC[C@H](O)Cn1cc(-c2ccc3c(c2)CC[C@H](C(C)(O/N=C(\C(=O)O)c2csc(NC(=O)OC(C)(C)C)n2)C(=O)OC(C)(C)C)O3)c[n+]1CC1CN(C(=O)OC(C)(C)C)C1.O=C([O-])C(F)(F)F. The number of aliphatic hydroxyl groups is 1. The van der Waals surface area contributed by atoms with E-state index in [4.69, 9.17) is 38.4 Å². The zero-order chi connectivity index (χ0) is 55.9. The topological polar surface area (TPSA) is 283 Å². The number of carbonyl (C=O) groups excluding carboxylic acids is 5. The number of aromatic nitrogens is 3. The van der Waals surface area contributed by atoms with Crippen LogP contribution >= 0.6 is 11.3 Å². The van der Waals surface area contributed by atoms with Crippen molar-refractivity contribution in [1.29, 1.82) is 0 Å². The number of likely N-dealkylation sites (tertiary alicyclic amines) is 1. The highest BCUT2D eigenvalue weighted by Crippen LogP contribution is 2.37. The minimum absolute atomic E-state index is 0.0520. The fourth-order valence-corrected chi connectivity index (χ4v) is 7.60. The number of halogens is 3. The Morgan fingerprint density at radius 3 is 2.03 bits per heavy atom. The first-order chi connectivity index (χ1) is 33.8. The Labute approximate surface area is 430 Å². The molecule has 410 valence electrons. The maximum absolute atomic E-state index is 13.9. The molecule has 0 saturated carbocycles. The maximum atomic E-state index is 13.9. The van der Waals surface area contributed by atoms with Crippen LogP contribution in [0, 0.1) is 5.92 Å². The van der Waals surface area contributed by atoms with Crippen molar-refractivity contribution in [3.63, 3.8) is 0 Å². The van der Waals surface area contributed by atoms with Crippen LogP contribution < -0.4 is 25.2 Å². The molecule has 2 aromatic heterocycles. The van der Waals surface area contributed by atoms with Crippen LogP contribution in [0.25, 0.3) is 11.1 Å². The van der Waals surface area contributed by atoms with Gasteiger partial charge in [-0.05, 0) is 126 Å². The van der Waals surface area contributed by atoms with Crippen LogP contribution in [0.2, 0.25) is 0 Å². The highest BCUT2D eigenvalue weighted by Gasteiger charge is 2.51. The number of aliphatic hydroxyl groups excluding tert-OH is 1. The van der Waals surface area contributed by atoms with Crippen molar-refractivity contribution in [2.24, 2.45) is 11.1 Å². The lowest BCUT2D eigenvalue weighted by atomic mass is 9.89. The third-order valence-electron chi connectivity index (χ3n) is 10.1. The summed E-state index contributed by atoms with van der Waals surface area (Å²) in [6, 6.07) is 5.61. The molecule has 4 N–H and O–H groups in total. The third kappa shape index (κ3) is 18.3. The number of hydrogen-bond acceptors (Lipinski definition) is 17. The van der Waals surface area contributed by atoms with E-state index >= 15 is 0 Å². The number of nitrogens with one attached hydrogen (secondary N) is 2. The molecule has 2 aliphatic rings.